The number of amides is 2. The summed E-state index contributed by atoms with van der Waals surface area (Å²) < 4.78 is 7.91. The monoisotopic (exact) mass is 492 g/mol. The van der Waals surface area contributed by atoms with E-state index in [1.165, 1.54) is 0 Å². The van der Waals surface area contributed by atoms with E-state index in [4.69, 9.17) is 10.5 Å². The van der Waals surface area contributed by atoms with Crippen LogP contribution in [0.1, 0.15) is 63.7 Å². The fourth-order valence-electron chi connectivity index (χ4n) is 4.31. The number of nitrogens with two attached hydrogens (primary N) is 1. The Morgan fingerprint density at radius 1 is 1.17 bits per heavy atom. The predicted molar refractivity (Wildman–Crippen MR) is 137 cm³/mol. The number of piperidine rings is 1. The lowest BCUT2D eigenvalue weighted by molar-refractivity contribution is -0.137. The van der Waals surface area contributed by atoms with Crippen molar-refractivity contribution >= 4 is 17.5 Å². The van der Waals surface area contributed by atoms with Gasteiger partial charge in [0.1, 0.15) is 6.04 Å². The summed E-state index contributed by atoms with van der Waals surface area (Å²) in [4.78, 5) is 27.6. The summed E-state index contributed by atoms with van der Waals surface area (Å²) >= 11 is 0. The zero-order valence-corrected chi connectivity index (χ0v) is 21.5. The standard InChI is InChI=1S/C27H36N6O3/c1-26(2)13-14-32(23(34)15-26)16-20-11-8-12-22-30-31-24(33(20)22)21(29-25(35)27(3,4)28)18-36-17-19-9-6-5-7-10-19/h5-12,21H,13-18,28H2,1-4H3,(H,29,35)/t21-/m1/s1. The van der Waals surface area contributed by atoms with Crippen molar-refractivity contribution in [1.29, 1.82) is 0 Å². The molecule has 2 amide bonds. The molecule has 1 aliphatic rings. The smallest absolute Gasteiger partial charge is 0.240 e. The highest BCUT2D eigenvalue weighted by Gasteiger charge is 2.32. The van der Waals surface area contributed by atoms with Crippen molar-refractivity contribution in [2.75, 3.05) is 13.2 Å². The predicted octanol–water partition coefficient (Wildman–Crippen LogP) is 2.99. The lowest BCUT2D eigenvalue weighted by Crippen LogP contribution is -2.51. The van der Waals surface area contributed by atoms with Gasteiger partial charge in [-0.2, -0.15) is 0 Å². The van der Waals surface area contributed by atoms with Crippen molar-refractivity contribution < 1.29 is 14.3 Å². The maximum Gasteiger partial charge on any atom is 0.240 e. The zero-order valence-electron chi connectivity index (χ0n) is 21.5. The number of ether oxygens (including phenoxy) is 1. The molecule has 1 aliphatic heterocycles. The molecule has 3 heterocycles. The highest BCUT2D eigenvalue weighted by Crippen LogP contribution is 2.31. The van der Waals surface area contributed by atoms with Crippen LogP contribution in [0.3, 0.4) is 0 Å². The van der Waals surface area contributed by atoms with Crippen molar-refractivity contribution in [3.63, 3.8) is 0 Å². The molecule has 0 unspecified atom stereocenters. The van der Waals surface area contributed by atoms with Gasteiger partial charge in [-0.3, -0.25) is 14.0 Å². The van der Waals surface area contributed by atoms with Crippen molar-refractivity contribution in [3.05, 3.63) is 65.6 Å². The summed E-state index contributed by atoms with van der Waals surface area (Å²) in [6.45, 7) is 9.27. The van der Waals surface area contributed by atoms with Gasteiger partial charge in [0.25, 0.3) is 0 Å². The number of hydrogen-bond donors (Lipinski definition) is 2. The first-order valence-electron chi connectivity index (χ1n) is 12.4. The van der Waals surface area contributed by atoms with E-state index in [2.05, 4.69) is 29.4 Å². The van der Waals surface area contributed by atoms with Gasteiger partial charge in [0, 0.05) is 18.7 Å². The number of carbonyl (C=O) groups excluding carboxylic acids is 2. The van der Waals surface area contributed by atoms with E-state index in [-0.39, 0.29) is 23.8 Å². The Bertz CT molecular complexity index is 1220. The molecule has 9 heteroatoms. The number of nitrogens with one attached hydrogen (secondary N) is 1. The minimum atomic E-state index is -1.08. The normalized spacial score (nSPS) is 16.8. The number of likely N-dealkylation sites (tertiary alicyclic amines) is 1. The Morgan fingerprint density at radius 2 is 1.92 bits per heavy atom. The molecular formula is C27H36N6O3. The number of benzene rings is 1. The minimum absolute atomic E-state index is 0.0157. The van der Waals surface area contributed by atoms with Gasteiger partial charge in [0.15, 0.2) is 11.5 Å². The highest BCUT2D eigenvalue weighted by atomic mass is 16.5. The van der Waals surface area contributed by atoms with Crippen LogP contribution >= 0.6 is 0 Å². The number of nitrogens with zero attached hydrogens (tertiary/aromatic N) is 4. The quantitative estimate of drug-likeness (QED) is 0.475. The van der Waals surface area contributed by atoms with Crippen molar-refractivity contribution in [1.82, 2.24) is 24.8 Å². The molecule has 9 nitrogen and oxygen atoms in total. The molecule has 2 aromatic heterocycles. The molecule has 36 heavy (non-hydrogen) atoms. The van der Waals surface area contributed by atoms with Gasteiger partial charge < -0.3 is 20.7 Å². The summed E-state index contributed by atoms with van der Waals surface area (Å²) in [5.74, 6) is 0.355. The Labute approximate surface area is 212 Å². The topological polar surface area (TPSA) is 115 Å². The van der Waals surface area contributed by atoms with E-state index in [0.717, 1.165) is 17.7 Å². The zero-order chi connectivity index (χ0) is 25.9. The summed E-state index contributed by atoms with van der Waals surface area (Å²) in [5, 5.41) is 11.8. The second-order valence-electron chi connectivity index (χ2n) is 10.9. The summed E-state index contributed by atoms with van der Waals surface area (Å²) in [5.41, 5.74) is 7.54. The number of carbonyl (C=O) groups is 2. The Balaban J connectivity index is 1.61. The SMILES string of the molecule is CC1(C)CCN(Cc2cccc3nnc([C@@H](COCc4ccccc4)NC(=O)C(C)(C)N)n23)C(=O)C1. The Hall–Kier alpha value is -3.30. The third-order valence-electron chi connectivity index (χ3n) is 6.53. The highest BCUT2D eigenvalue weighted by molar-refractivity contribution is 5.85. The van der Waals surface area contributed by atoms with Gasteiger partial charge in [0.05, 0.1) is 25.3 Å². The molecule has 1 aromatic carbocycles. The summed E-state index contributed by atoms with van der Waals surface area (Å²) in [6.07, 6.45) is 1.47. The maximum absolute atomic E-state index is 12.8. The Kier molecular flexibility index (Phi) is 7.42. The average Bonchev–Trinajstić information content (AvgIpc) is 3.25. The van der Waals surface area contributed by atoms with Crippen LogP contribution < -0.4 is 11.1 Å². The minimum Gasteiger partial charge on any atom is -0.374 e. The van der Waals surface area contributed by atoms with Gasteiger partial charge in [-0.05, 0) is 43.4 Å². The van der Waals surface area contributed by atoms with Crippen LogP contribution in [-0.2, 0) is 27.5 Å². The van der Waals surface area contributed by atoms with Crippen molar-refractivity contribution in [3.8, 4) is 0 Å². The Morgan fingerprint density at radius 3 is 2.61 bits per heavy atom. The molecule has 192 valence electrons. The average molecular weight is 493 g/mol. The van der Waals surface area contributed by atoms with E-state index in [0.29, 0.717) is 37.6 Å². The second-order valence-corrected chi connectivity index (χ2v) is 10.9. The van der Waals surface area contributed by atoms with E-state index < -0.39 is 11.6 Å². The van der Waals surface area contributed by atoms with Gasteiger partial charge in [-0.1, -0.05) is 50.2 Å². The second kappa shape index (κ2) is 10.4. The third kappa shape index (κ3) is 6.09. The molecule has 0 saturated carbocycles. The van der Waals surface area contributed by atoms with Crippen LogP contribution in [0.5, 0.6) is 0 Å². The number of fused-ring (bicyclic) bond motifs is 1. The third-order valence-corrected chi connectivity index (χ3v) is 6.53. The number of hydrogen-bond acceptors (Lipinski definition) is 6. The first-order chi connectivity index (χ1) is 17.0. The summed E-state index contributed by atoms with van der Waals surface area (Å²) in [6, 6.07) is 15.0. The molecule has 1 atom stereocenters. The van der Waals surface area contributed by atoms with Crippen LogP contribution in [0, 0.1) is 5.41 Å². The molecule has 3 aromatic rings. The van der Waals surface area contributed by atoms with E-state index in [1.54, 1.807) is 13.8 Å². The molecule has 1 saturated heterocycles. The van der Waals surface area contributed by atoms with Crippen LogP contribution in [0.25, 0.3) is 5.65 Å². The molecule has 4 rings (SSSR count). The largest absolute Gasteiger partial charge is 0.374 e. The van der Waals surface area contributed by atoms with Gasteiger partial charge in [0.2, 0.25) is 11.8 Å². The first-order valence-corrected chi connectivity index (χ1v) is 12.4. The lowest BCUT2D eigenvalue weighted by atomic mass is 9.82. The van der Waals surface area contributed by atoms with Crippen molar-refractivity contribution in [2.45, 2.75) is 65.3 Å². The van der Waals surface area contributed by atoms with Gasteiger partial charge in [-0.15, -0.1) is 10.2 Å². The molecule has 1 fully saturated rings. The molecule has 0 bridgehead atoms. The number of pyridine rings is 1. The fraction of sp³-hybridized carbons (Fsp3) is 0.481. The lowest BCUT2D eigenvalue weighted by Gasteiger charge is -2.36. The van der Waals surface area contributed by atoms with E-state index in [9.17, 15) is 9.59 Å². The molecule has 3 N–H and O–H groups in total. The fourth-order valence-corrected chi connectivity index (χ4v) is 4.31. The van der Waals surface area contributed by atoms with Crippen molar-refractivity contribution in [2.24, 2.45) is 11.1 Å². The molecule has 0 aliphatic carbocycles. The van der Waals surface area contributed by atoms with Crippen LogP contribution in [0.2, 0.25) is 0 Å². The molecular weight excluding hydrogens is 456 g/mol. The van der Waals surface area contributed by atoms with Crippen LogP contribution in [0.15, 0.2) is 48.5 Å². The number of aromatic nitrogens is 3. The summed E-state index contributed by atoms with van der Waals surface area (Å²) in [7, 11) is 0. The van der Waals surface area contributed by atoms with Crippen LogP contribution in [-0.4, -0.2) is 50.0 Å². The molecule has 0 spiro atoms. The maximum atomic E-state index is 12.8. The number of rotatable bonds is 9. The molecule has 0 radical (unpaired) electrons. The van der Waals surface area contributed by atoms with Gasteiger partial charge >= 0.3 is 0 Å². The van der Waals surface area contributed by atoms with Crippen LogP contribution in [0.4, 0.5) is 0 Å². The van der Waals surface area contributed by atoms with E-state index in [1.807, 2.05) is 57.8 Å². The van der Waals surface area contributed by atoms with Gasteiger partial charge in [-0.25, -0.2) is 0 Å². The first kappa shape index (κ1) is 25.8. The van der Waals surface area contributed by atoms with E-state index >= 15 is 0 Å².